The van der Waals surface area contributed by atoms with Crippen molar-refractivity contribution in [2.45, 2.75) is 31.7 Å². The minimum Gasteiger partial charge on any atom is -0.325 e. The van der Waals surface area contributed by atoms with Crippen LogP contribution in [-0.4, -0.2) is 21.9 Å². The van der Waals surface area contributed by atoms with Gasteiger partial charge in [-0.15, -0.1) is 10.2 Å². The molecule has 3 aromatic rings. The van der Waals surface area contributed by atoms with Crippen molar-refractivity contribution in [3.63, 3.8) is 0 Å². The first kappa shape index (κ1) is 19.1. The van der Waals surface area contributed by atoms with Gasteiger partial charge in [-0.1, -0.05) is 67.6 Å². The van der Waals surface area contributed by atoms with Crippen LogP contribution in [0.5, 0.6) is 0 Å². The van der Waals surface area contributed by atoms with E-state index in [1.54, 1.807) is 0 Å². The van der Waals surface area contributed by atoms with Crippen LogP contribution in [0.1, 0.15) is 30.9 Å². The molecule has 0 aliphatic carbocycles. The van der Waals surface area contributed by atoms with Crippen LogP contribution in [-0.2, 0) is 4.79 Å². The number of anilines is 1. The maximum absolute atomic E-state index is 12.1. The molecule has 1 heterocycles. The van der Waals surface area contributed by atoms with E-state index in [1.165, 1.54) is 22.9 Å². The summed E-state index contributed by atoms with van der Waals surface area (Å²) in [5.74, 6) is 0.721. The second kappa shape index (κ2) is 8.82. The van der Waals surface area contributed by atoms with Gasteiger partial charge in [0.1, 0.15) is 5.03 Å². The van der Waals surface area contributed by atoms with Crippen molar-refractivity contribution in [2.75, 3.05) is 11.1 Å². The van der Waals surface area contributed by atoms with E-state index < -0.39 is 0 Å². The zero-order valence-corrected chi connectivity index (χ0v) is 16.6. The van der Waals surface area contributed by atoms with Gasteiger partial charge in [-0.3, -0.25) is 4.79 Å². The Morgan fingerprint density at radius 3 is 2.26 bits per heavy atom. The molecule has 1 N–H and O–H groups in total. The Balaban J connectivity index is 1.53. The number of aromatic nitrogens is 2. The molecule has 0 saturated carbocycles. The number of amides is 1. The fourth-order valence-corrected chi connectivity index (χ4v) is 3.18. The highest BCUT2D eigenvalue weighted by Gasteiger charge is 2.07. The molecule has 1 amide bonds. The summed E-state index contributed by atoms with van der Waals surface area (Å²) in [7, 11) is 0. The molecule has 138 valence electrons. The number of hydrogen-bond donors (Lipinski definition) is 1. The van der Waals surface area contributed by atoms with Crippen LogP contribution in [0, 0.1) is 6.92 Å². The van der Waals surface area contributed by atoms with Gasteiger partial charge in [-0.05, 0) is 42.7 Å². The third-order valence-corrected chi connectivity index (χ3v) is 5.12. The predicted octanol–water partition coefficient (Wildman–Crippen LogP) is 5.31. The van der Waals surface area contributed by atoms with E-state index in [0.29, 0.717) is 11.7 Å². The fraction of sp³-hybridized carbons (Fsp3) is 0.227. The number of thioether (sulfide) groups is 1. The summed E-state index contributed by atoms with van der Waals surface area (Å²) in [6.45, 7) is 6.35. The second-order valence-corrected chi connectivity index (χ2v) is 7.73. The van der Waals surface area contributed by atoms with E-state index in [-0.39, 0.29) is 5.91 Å². The lowest BCUT2D eigenvalue weighted by Crippen LogP contribution is -2.14. The van der Waals surface area contributed by atoms with Crippen LogP contribution in [0.3, 0.4) is 0 Å². The molecule has 3 rings (SSSR count). The number of nitrogens with one attached hydrogen (secondary N) is 1. The van der Waals surface area contributed by atoms with Crippen LogP contribution in [0.25, 0.3) is 11.3 Å². The molecule has 1 aromatic heterocycles. The van der Waals surface area contributed by atoms with Crippen LogP contribution < -0.4 is 5.32 Å². The highest BCUT2D eigenvalue weighted by atomic mass is 32.2. The van der Waals surface area contributed by atoms with E-state index in [4.69, 9.17) is 0 Å². The Morgan fingerprint density at radius 1 is 0.963 bits per heavy atom. The minimum atomic E-state index is -0.0540. The van der Waals surface area contributed by atoms with Crippen molar-refractivity contribution in [1.82, 2.24) is 10.2 Å². The topological polar surface area (TPSA) is 54.9 Å². The van der Waals surface area contributed by atoms with E-state index in [1.807, 2.05) is 48.5 Å². The predicted molar refractivity (Wildman–Crippen MR) is 112 cm³/mol. The largest absolute Gasteiger partial charge is 0.325 e. The number of carbonyl (C=O) groups excluding carboxylic acids is 1. The summed E-state index contributed by atoms with van der Waals surface area (Å²) in [6.07, 6.45) is 0. The molecule has 27 heavy (non-hydrogen) atoms. The van der Waals surface area contributed by atoms with Crippen LogP contribution in [0.2, 0.25) is 0 Å². The van der Waals surface area contributed by atoms with Gasteiger partial charge in [0.2, 0.25) is 5.91 Å². The summed E-state index contributed by atoms with van der Waals surface area (Å²) in [5.41, 5.74) is 5.14. The van der Waals surface area contributed by atoms with Crippen LogP contribution in [0.4, 0.5) is 5.69 Å². The summed E-state index contributed by atoms with van der Waals surface area (Å²) >= 11 is 1.38. The van der Waals surface area contributed by atoms with Gasteiger partial charge in [-0.2, -0.15) is 0 Å². The van der Waals surface area contributed by atoms with E-state index >= 15 is 0 Å². The quantitative estimate of drug-likeness (QED) is 0.592. The smallest absolute Gasteiger partial charge is 0.234 e. The molecule has 0 bridgehead atoms. The number of aryl methyl sites for hydroxylation is 1. The third kappa shape index (κ3) is 5.41. The first-order valence-corrected chi connectivity index (χ1v) is 9.93. The average Bonchev–Trinajstić information content (AvgIpc) is 2.68. The van der Waals surface area contributed by atoms with Gasteiger partial charge in [0, 0.05) is 11.3 Å². The molecule has 2 aromatic carbocycles. The van der Waals surface area contributed by atoms with Crippen molar-refractivity contribution in [2.24, 2.45) is 0 Å². The minimum absolute atomic E-state index is 0.0540. The molecular weight excluding hydrogens is 354 g/mol. The highest BCUT2D eigenvalue weighted by molar-refractivity contribution is 7.99. The average molecular weight is 378 g/mol. The Hall–Kier alpha value is -2.66. The van der Waals surface area contributed by atoms with E-state index in [2.05, 4.69) is 48.4 Å². The van der Waals surface area contributed by atoms with Crippen molar-refractivity contribution >= 4 is 23.4 Å². The van der Waals surface area contributed by atoms with E-state index in [0.717, 1.165) is 22.0 Å². The first-order chi connectivity index (χ1) is 13.0. The summed E-state index contributed by atoms with van der Waals surface area (Å²) in [5, 5.41) is 12.1. The molecule has 0 atom stereocenters. The normalized spacial score (nSPS) is 10.8. The monoisotopic (exact) mass is 377 g/mol. The summed E-state index contributed by atoms with van der Waals surface area (Å²) < 4.78 is 0. The molecule has 0 aliphatic rings. The third-order valence-electron chi connectivity index (χ3n) is 4.20. The van der Waals surface area contributed by atoms with Crippen molar-refractivity contribution in [1.29, 1.82) is 0 Å². The van der Waals surface area contributed by atoms with Crippen LogP contribution >= 0.6 is 11.8 Å². The lowest BCUT2D eigenvalue weighted by Gasteiger charge is -2.08. The van der Waals surface area contributed by atoms with Gasteiger partial charge in [0.05, 0.1) is 11.4 Å². The van der Waals surface area contributed by atoms with Gasteiger partial charge < -0.3 is 5.32 Å². The Bertz CT molecular complexity index is 888. The second-order valence-electron chi connectivity index (χ2n) is 6.74. The fourth-order valence-electron chi connectivity index (χ4n) is 2.56. The zero-order chi connectivity index (χ0) is 19.2. The van der Waals surface area contributed by atoms with Gasteiger partial charge >= 0.3 is 0 Å². The number of carbonyl (C=O) groups is 1. The van der Waals surface area contributed by atoms with Crippen LogP contribution in [0.15, 0.2) is 65.7 Å². The van der Waals surface area contributed by atoms with Gasteiger partial charge in [0.15, 0.2) is 0 Å². The standard InChI is InChI=1S/C22H23N3OS/c1-15(2)17-8-10-19(11-9-17)23-21(26)14-27-22-13-12-20(24-25-22)18-6-4-16(3)5-7-18/h4-13,15H,14H2,1-3H3,(H,23,26). The van der Waals surface area contributed by atoms with E-state index in [9.17, 15) is 4.79 Å². The summed E-state index contributed by atoms with van der Waals surface area (Å²) in [6, 6.07) is 20.0. The molecule has 5 heteroatoms. The molecule has 0 fully saturated rings. The Labute approximate surface area is 164 Å². The van der Waals surface area contributed by atoms with Crippen molar-refractivity contribution < 1.29 is 4.79 Å². The molecule has 0 unspecified atom stereocenters. The lowest BCUT2D eigenvalue weighted by atomic mass is 10.0. The SMILES string of the molecule is Cc1ccc(-c2ccc(SCC(=O)Nc3ccc(C(C)C)cc3)nn2)cc1. The molecule has 0 saturated heterocycles. The first-order valence-electron chi connectivity index (χ1n) is 8.94. The number of benzene rings is 2. The number of rotatable bonds is 6. The Kier molecular flexibility index (Phi) is 6.24. The lowest BCUT2D eigenvalue weighted by molar-refractivity contribution is -0.113. The molecule has 4 nitrogen and oxygen atoms in total. The van der Waals surface area contributed by atoms with Gasteiger partial charge in [0.25, 0.3) is 0 Å². The number of nitrogens with zero attached hydrogens (tertiary/aromatic N) is 2. The van der Waals surface area contributed by atoms with Crippen molar-refractivity contribution in [3.8, 4) is 11.3 Å². The maximum Gasteiger partial charge on any atom is 0.234 e. The Morgan fingerprint density at radius 2 is 1.67 bits per heavy atom. The maximum atomic E-state index is 12.1. The molecular formula is C22H23N3OS. The van der Waals surface area contributed by atoms with Crippen molar-refractivity contribution in [3.05, 3.63) is 71.8 Å². The summed E-state index contributed by atoms with van der Waals surface area (Å²) in [4.78, 5) is 12.1. The molecule has 0 aliphatic heterocycles. The molecule has 0 radical (unpaired) electrons. The zero-order valence-electron chi connectivity index (χ0n) is 15.8. The molecule has 0 spiro atoms. The highest BCUT2D eigenvalue weighted by Crippen LogP contribution is 2.21. The number of hydrogen-bond acceptors (Lipinski definition) is 4. The van der Waals surface area contributed by atoms with Gasteiger partial charge in [-0.25, -0.2) is 0 Å².